The van der Waals surface area contributed by atoms with Crippen LogP contribution in [-0.4, -0.2) is 4.98 Å². The first-order chi connectivity index (χ1) is 8.60. The lowest BCUT2D eigenvalue weighted by Crippen LogP contribution is -1.95. The van der Waals surface area contributed by atoms with Crippen LogP contribution in [0.5, 0.6) is 0 Å². The van der Waals surface area contributed by atoms with Gasteiger partial charge >= 0.3 is 0 Å². The fraction of sp³-hybridized carbons (Fsp3) is 0.400. The van der Waals surface area contributed by atoms with Crippen molar-refractivity contribution in [3.8, 4) is 11.3 Å². The third-order valence-electron chi connectivity index (χ3n) is 2.88. The Morgan fingerprint density at radius 2 is 1.89 bits per heavy atom. The first-order valence-electron chi connectivity index (χ1n) is 6.36. The van der Waals surface area contributed by atoms with Gasteiger partial charge in [-0.3, -0.25) is 0 Å². The van der Waals surface area contributed by atoms with Crippen LogP contribution in [0.4, 0.5) is 0 Å². The van der Waals surface area contributed by atoms with Gasteiger partial charge in [0.05, 0.1) is 12.2 Å². The highest BCUT2D eigenvalue weighted by atomic mass is 16.4. The molecule has 1 aromatic heterocycles. The second kappa shape index (κ2) is 5.36. The second-order valence-corrected chi connectivity index (χ2v) is 5.02. The SMILES string of the molecule is Cc1nc(CN)oc1-c1ccc(CC(C)C)cc1. The highest BCUT2D eigenvalue weighted by Gasteiger charge is 2.10. The fourth-order valence-electron chi connectivity index (χ4n) is 2.07. The lowest BCUT2D eigenvalue weighted by atomic mass is 10.0. The summed E-state index contributed by atoms with van der Waals surface area (Å²) in [6.07, 6.45) is 1.10. The summed E-state index contributed by atoms with van der Waals surface area (Å²) in [6, 6.07) is 8.48. The average Bonchev–Trinajstić information content (AvgIpc) is 2.71. The van der Waals surface area contributed by atoms with Crippen LogP contribution in [0.2, 0.25) is 0 Å². The summed E-state index contributed by atoms with van der Waals surface area (Å²) in [6.45, 7) is 6.73. The molecule has 2 rings (SSSR count). The zero-order chi connectivity index (χ0) is 13.1. The minimum atomic E-state index is 0.340. The maximum atomic E-state index is 5.63. The summed E-state index contributed by atoms with van der Waals surface area (Å²) >= 11 is 0. The molecule has 96 valence electrons. The molecule has 0 amide bonds. The predicted octanol–water partition coefficient (Wildman–Crippen LogP) is 3.31. The van der Waals surface area contributed by atoms with Crippen LogP contribution < -0.4 is 5.73 Å². The Labute approximate surface area is 108 Å². The number of nitrogens with zero attached hydrogens (tertiary/aromatic N) is 1. The van der Waals surface area contributed by atoms with E-state index in [4.69, 9.17) is 10.2 Å². The standard InChI is InChI=1S/C15H20N2O/c1-10(2)8-12-4-6-13(7-5-12)15-11(3)17-14(9-16)18-15/h4-7,10H,8-9,16H2,1-3H3. The van der Waals surface area contributed by atoms with Crippen molar-refractivity contribution >= 4 is 0 Å². The molecule has 0 unspecified atom stereocenters. The Bertz CT molecular complexity index is 512. The van der Waals surface area contributed by atoms with Gasteiger partial charge in [0.1, 0.15) is 0 Å². The maximum absolute atomic E-state index is 5.63. The molecule has 0 aliphatic carbocycles. The summed E-state index contributed by atoms with van der Waals surface area (Å²) in [5.74, 6) is 2.09. The van der Waals surface area contributed by atoms with E-state index in [2.05, 4.69) is 43.1 Å². The van der Waals surface area contributed by atoms with E-state index in [-0.39, 0.29) is 0 Å². The van der Waals surface area contributed by atoms with E-state index < -0.39 is 0 Å². The van der Waals surface area contributed by atoms with E-state index in [1.54, 1.807) is 0 Å². The van der Waals surface area contributed by atoms with Crippen LogP contribution in [0.25, 0.3) is 11.3 Å². The molecule has 0 atom stereocenters. The van der Waals surface area contributed by atoms with Gasteiger partial charge in [-0.15, -0.1) is 0 Å². The number of oxazole rings is 1. The van der Waals surface area contributed by atoms with E-state index in [0.717, 1.165) is 23.4 Å². The summed E-state index contributed by atoms with van der Waals surface area (Å²) in [4.78, 5) is 4.28. The van der Waals surface area contributed by atoms with Crippen molar-refractivity contribution in [3.63, 3.8) is 0 Å². The molecule has 0 saturated heterocycles. The average molecular weight is 244 g/mol. The molecule has 18 heavy (non-hydrogen) atoms. The topological polar surface area (TPSA) is 52.0 Å². The molecule has 2 N–H and O–H groups in total. The Kier molecular flexibility index (Phi) is 3.82. The van der Waals surface area contributed by atoms with Crippen molar-refractivity contribution < 1.29 is 4.42 Å². The van der Waals surface area contributed by atoms with Gasteiger partial charge in [-0.2, -0.15) is 0 Å². The number of hydrogen-bond donors (Lipinski definition) is 1. The number of aryl methyl sites for hydroxylation is 1. The van der Waals surface area contributed by atoms with Gasteiger partial charge in [0.25, 0.3) is 0 Å². The summed E-state index contributed by atoms with van der Waals surface area (Å²) in [7, 11) is 0. The first-order valence-corrected chi connectivity index (χ1v) is 6.36. The summed E-state index contributed by atoms with van der Waals surface area (Å²) in [5.41, 5.74) is 8.84. The van der Waals surface area contributed by atoms with E-state index in [1.165, 1.54) is 5.56 Å². The summed E-state index contributed by atoms with van der Waals surface area (Å²) < 4.78 is 5.63. The van der Waals surface area contributed by atoms with Crippen LogP contribution in [0.1, 0.15) is 31.0 Å². The molecule has 0 bridgehead atoms. The van der Waals surface area contributed by atoms with Crippen molar-refractivity contribution in [1.82, 2.24) is 4.98 Å². The minimum absolute atomic E-state index is 0.340. The van der Waals surface area contributed by atoms with Crippen LogP contribution in [-0.2, 0) is 13.0 Å². The van der Waals surface area contributed by atoms with E-state index in [0.29, 0.717) is 18.4 Å². The van der Waals surface area contributed by atoms with Crippen LogP contribution >= 0.6 is 0 Å². The highest BCUT2D eigenvalue weighted by molar-refractivity contribution is 5.60. The molecule has 0 radical (unpaired) electrons. The van der Waals surface area contributed by atoms with Crippen LogP contribution in [0.3, 0.4) is 0 Å². The quantitative estimate of drug-likeness (QED) is 0.897. The lowest BCUT2D eigenvalue weighted by Gasteiger charge is -2.05. The molecule has 3 heteroatoms. The molecule has 3 nitrogen and oxygen atoms in total. The highest BCUT2D eigenvalue weighted by Crippen LogP contribution is 2.25. The molecule has 0 aliphatic rings. The molecule has 0 spiro atoms. The smallest absolute Gasteiger partial charge is 0.208 e. The van der Waals surface area contributed by atoms with Crippen LogP contribution in [0.15, 0.2) is 28.7 Å². The number of hydrogen-bond acceptors (Lipinski definition) is 3. The van der Waals surface area contributed by atoms with Gasteiger partial charge in [-0.25, -0.2) is 4.98 Å². The summed E-state index contributed by atoms with van der Waals surface area (Å²) in [5, 5.41) is 0. The second-order valence-electron chi connectivity index (χ2n) is 5.02. The van der Waals surface area contributed by atoms with E-state index >= 15 is 0 Å². The van der Waals surface area contributed by atoms with Crippen LogP contribution in [0, 0.1) is 12.8 Å². The largest absolute Gasteiger partial charge is 0.439 e. The molecule has 1 aromatic carbocycles. The van der Waals surface area contributed by atoms with Gasteiger partial charge in [-0.05, 0) is 24.8 Å². The molecular formula is C15H20N2O. The van der Waals surface area contributed by atoms with Gasteiger partial charge in [0.15, 0.2) is 5.76 Å². The zero-order valence-electron chi connectivity index (χ0n) is 11.2. The van der Waals surface area contributed by atoms with Gasteiger partial charge in [0.2, 0.25) is 5.89 Å². The molecule has 0 aliphatic heterocycles. The molecule has 0 saturated carbocycles. The number of benzene rings is 1. The third kappa shape index (κ3) is 2.79. The van der Waals surface area contributed by atoms with Crippen molar-refractivity contribution in [2.24, 2.45) is 11.7 Å². The fourth-order valence-corrected chi connectivity index (χ4v) is 2.07. The zero-order valence-corrected chi connectivity index (χ0v) is 11.2. The molecule has 2 aromatic rings. The van der Waals surface area contributed by atoms with Crippen molar-refractivity contribution in [2.45, 2.75) is 33.7 Å². The van der Waals surface area contributed by atoms with E-state index in [1.807, 2.05) is 6.92 Å². The first kappa shape index (κ1) is 12.8. The Hall–Kier alpha value is -1.61. The Balaban J connectivity index is 2.25. The normalized spacial score (nSPS) is 11.2. The number of rotatable bonds is 4. The minimum Gasteiger partial charge on any atom is -0.439 e. The third-order valence-corrected chi connectivity index (χ3v) is 2.88. The predicted molar refractivity (Wildman–Crippen MR) is 73.1 cm³/mol. The Morgan fingerprint density at radius 1 is 1.22 bits per heavy atom. The number of nitrogens with two attached hydrogens (primary N) is 1. The molecule has 0 fully saturated rings. The van der Waals surface area contributed by atoms with Crippen molar-refractivity contribution in [3.05, 3.63) is 41.4 Å². The molecular weight excluding hydrogens is 224 g/mol. The number of aromatic nitrogens is 1. The monoisotopic (exact) mass is 244 g/mol. The van der Waals surface area contributed by atoms with E-state index in [9.17, 15) is 0 Å². The molecule has 1 heterocycles. The Morgan fingerprint density at radius 3 is 2.39 bits per heavy atom. The van der Waals surface area contributed by atoms with Gasteiger partial charge in [0, 0.05) is 5.56 Å². The van der Waals surface area contributed by atoms with Gasteiger partial charge in [-0.1, -0.05) is 38.1 Å². The van der Waals surface area contributed by atoms with Crippen molar-refractivity contribution in [2.75, 3.05) is 0 Å². The maximum Gasteiger partial charge on any atom is 0.208 e. The lowest BCUT2D eigenvalue weighted by molar-refractivity contribution is 0.509. The van der Waals surface area contributed by atoms with Crippen molar-refractivity contribution in [1.29, 1.82) is 0 Å². The van der Waals surface area contributed by atoms with Gasteiger partial charge < -0.3 is 10.2 Å².